The molecule has 5 nitrogen and oxygen atoms in total. The Morgan fingerprint density at radius 2 is 1.97 bits per heavy atom. The maximum atomic E-state index is 12.2. The zero-order chi connectivity index (χ0) is 21.8. The molecular weight excluding hydrogens is 390 g/mol. The van der Waals surface area contributed by atoms with Crippen LogP contribution >= 0.6 is 0 Å². The van der Waals surface area contributed by atoms with Crippen molar-refractivity contribution in [2.75, 3.05) is 11.9 Å². The molecule has 3 atom stereocenters. The number of nitrogens with one attached hydrogen (secondary N) is 1. The van der Waals surface area contributed by atoms with Crippen molar-refractivity contribution >= 4 is 17.4 Å². The summed E-state index contributed by atoms with van der Waals surface area (Å²) in [5.41, 5.74) is 3.20. The van der Waals surface area contributed by atoms with Crippen LogP contribution in [0.1, 0.15) is 63.0 Å². The molecule has 5 heteroatoms. The maximum absolute atomic E-state index is 12.2. The average molecular weight is 422 g/mol. The number of Topliss-reactive ketones (excluding diaryl/α,β-unsaturated/α-hetero) is 1. The number of hydrogen-bond donors (Lipinski definition) is 1. The summed E-state index contributed by atoms with van der Waals surface area (Å²) in [5.74, 6) is 1.59. The molecule has 0 spiro atoms. The molecule has 164 valence electrons. The van der Waals surface area contributed by atoms with Gasteiger partial charge < -0.3 is 14.8 Å². The molecule has 2 aromatic rings. The van der Waals surface area contributed by atoms with Gasteiger partial charge in [-0.15, -0.1) is 0 Å². The van der Waals surface area contributed by atoms with Crippen molar-refractivity contribution in [1.82, 2.24) is 0 Å². The van der Waals surface area contributed by atoms with Crippen molar-refractivity contribution in [3.05, 3.63) is 53.6 Å². The summed E-state index contributed by atoms with van der Waals surface area (Å²) in [6.45, 7) is 4.18. The lowest BCUT2D eigenvalue weighted by Gasteiger charge is -2.42. The molecule has 2 unspecified atom stereocenters. The highest BCUT2D eigenvalue weighted by Gasteiger charge is 2.40. The number of unbranched alkanes of at least 4 members (excludes halogenated alkanes) is 1. The number of aryl methyl sites for hydroxylation is 1. The first-order valence-electron chi connectivity index (χ1n) is 11.3. The van der Waals surface area contributed by atoms with Crippen LogP contribution in [0.3, 0.4) is 0 Å². The number of anilines is 1. The number of fused-ring (bicyclic) bond motifs is 3. The van der Waals surface area contributed by atoms with Gasteiger partial charge in [0, 0.05) is 55.1 Å². The molecule has 0 amide bonds. The summed E-state index contributed by atoms with van der Waals surface area (Å²) in [6.07, 6.45) is 5.04. The summed E-state index contributed by atoms with van der Waals surface area (Å²) in [6, 6.07) is 14.5. The number of benzene rings is 2. The first-order chi connectivity index (χ1) is 15.0. The maximum Gasteiger partial charge on any atom is 0.308 e. The highest BCUT2D eigenvalue weighted by Crippen LogP contribution is 2.50. The van der Waals surface area contributed by atoms with Gasteiger partial charge in [0.15, 0.2) is 0 Å². The Bertz CT molecular complexity index is 940. The van der Waals surface area contributed by atoms with E-state index in [1.54, 1.807) is 0 Å². The molecule has 1 aliphatic heterocycles. The number of esters is 1. The predicted octanol–water partition coefficient (Wildman–Crippen LogP) is 5.28. The van der Waals surface area contributed by atoms with Crippen molar-refractivity contribution in [1.29, 1.82) is 0 Å². The third-order valence-electron chi connectivity index (χ3n) is 6.46. The first kappa shape index (κ1) is 21.4. The fourth-order valence-electron chi connectivity index (χ4n) is 4.99. The Labute approximate surface area is 184 Å². The lowest BCUT2D eigenvalue weighted by molar-refractivity contribution is -0.131. The Balaban J connectivity index is 1.47. The van der Waals surface area contributed by atoms with E-state index >= 15 is 0 Å². The van der Waals surface area contributed by atoms with Crippen LogP contribution in [-0.2, 0) is 16.0 Å². The van der Waals surface area contributed by atoms with E-state index in [1.807, 2.05) is 18.2 Å². The van der Waals surface area contributed by atoms with Crippen molar-refractivity contribution in [3.8, 4) is 11.5 Å². The molecule has 1 saturated carbocycles. The highest BCUT2D eigenvalue weighted by atomic mass is 16.5. The predicted molar refractivity (Wildman–Crippen MR) is 121 cm³/mol. The quantitative estimate of drug-likeness (QED) is 0.374. The van der Waals surface area contributed by atoms with Crippen LogP contribution in [0.4, 0.5) is 5.69 Å². The van der Waals surface area contributed by atoms with Gasteiger partial charge in [0.05, 0.1) is 6.61 Å². The lowest BCUT2D eigenvalue weighted by Crippen LogP contribution is -2.39. The van der Waals surface area contributed by atoms with Crippen LogP contribution in [0.25, 0.3) is 0 Å². The van der Waals surface area contributed by atoms with E-state index in [9.17, 15) is 9.59 Å². The third-order valence-corrected chi connectivity index (χ3v) is 6.46. The molecule has 0 saturated heterocycles. The minimum Gasteiger partial charge on any atom is -0.493 e. The molecule has 1 N–H and O–H groups in total. The Morgan fingerprint density at radius 3 is 2.74 bits per heavy atom. The van der Waals surface area contributed by atoms with Crippen LogP contribution < -0.4 is 14.8 Å². The van der Waals surface area contributed by atoms with E-state index < -0.39 is 0 Å². The van der Waals surface area contributed by atoms with Crippen LogP contribution in [0.15, 0.2) is 42.5 Å². The molecule has 0 aromatic heterocycles. The summed E-state index contributed by atoms with van der Waals surface area (Å²) in [5, 5.41) is 3.57. The molecular formula is C26H31NO4. The second kappa shape index (κ2) is 9.54. The topological polar surface area (TPSA) is 64.6 Å². The van der Waals surface area contributed by atoms with Gasteiger partial charge in [-0.05, 0) is 44.1 Å². The second-order valence-electron chi connectivity index (χ2n) is 8.75. The van der Waals surface area contributed by atoms with Gasteiger partial charge in [-0.1, -0.05) is 30.3 Å². The molecule has 0 bridgehead atoms. The monoisotopic (exact) mass is 421 g/mol. The third kappa shape index (κ3) is 5.09. The second-order valence-corrected chi connectivity index (χ2v) is 8.75. The summed E-state index contributed by atoms with van der Waals surface area (Å²) in [4.78, 5) is 24.0. The van der Waals surface area contributed by atoms with Gasteiger partial charge in [-0.3, -0.25) is 9.59 Å². The number of rotatable bonds is 7. The van der Waals surface area contributed by atoms with Crippen molar-refractivity contribution < 1.29 is 19.1 Å². The first-order valence-corrected chi connectivity index (χ1v) is 11.3. The molecule has 2 aromatic carbocycles. The van der Waals surface area contributed by atoms with Crippen molar-refractivity contribution in [3.63, 3.8) is 0 Å². The fourth-order valence-corrected chi connectivity index (χ4v) is 4.99. The number of hydrogen-bond acceptors (Lipinski definition) is 5. The molecule has 1 aliphatic carbocycles. The standard InChI is InChI=1S/C26H31NO4/c1-17-22-12-11-20(29)14-23(22)26-24(27-17)15-21(16-25(26)31-18(2)28)30-13-7-6-10-19-8-4-3-5-9-19/h3-5,8-9,15-17,22-23,27H,6-7,10-14H2,1-2H3/t17-,22?,23?/m1/s1. The van der Waals surface area contributed by atoms with Crippen molar-refractivity contribution in [2.24, 2.45) is 5.92 Å². The van der Waals surface area contributed by atoms with Gasteiger partial charge in [0.25, 0.3) is 0 Å². The molecule has 1 heterocycles. The van der Waals surface area contributed by atoms with Gasteiger partial charge >= 0.3 is 5.97 Å². The SMILES string of the molecule is CC(=O)Oc1cc(OCCCCc2ccccc2)cc2c1C1CC(=O)CCC1[C@@H](C)N2. The van der Waals surface area contributed by atoms with E-state index in [0.29, 0.717) is 36.9 Å². The smallest absolute Gasteiger partial charge is 0.308 e. The molecule has 1 fully saturated rings. The molecule has 31 heavy (non-hydrogen) atoms. The van der Waals surface area contributed by atoms with E-state index in [1.165, 1.54) is 12.5 Å². The molecule has 0 radical (unpaired) electrons. The minimum absolute atomic E-state index is 0.0850. The van der Waals surface area contributed by atoms with Gasteiger partial charge in [-0.2, -0.15) is 0 Å². The molecule has 2 aliphatic rings. The van der Waals surface area contributed by atoms with Crippen LogP contribution in [-0.4, -0.2) is 24.4 Å². The molecule has 4 rings (SSSR count). The fraction of sp³-hybridized carbons (Fsp3) is 0.462. The minimum atomic E-state index is -0.362. The normalized spacial score (nSPS) is 22.1. The number of ketones is 1. The number of ether oxygens (including phenoxy) is 2. The summed E-state index contributed by atoms with van der Waals surface area (Å²) in [7, 11) is 0. The van der Waals surface area contributed by atoms with E-state index in [0.717, 1.165) is 36.9 Å². The largest absolute Gasteiger partial charge is 0.493 e. The highest BCUT2D eigenvalue weighted by molar-refractivity contribution is 5.82. The summed E-state index contributed by atoms with van der Waals surface area (Å²) < 4.78 is 11.6. The van der Waals surface area contributed by atoms with Crippen LogP contribution in [0.5, 0.6) is 11.5 Å². The van der Waals surface area contributed by atoms with Crippen molar-refractivity contribution in [2.45, 2.75) is 64.3 Å². The van der Waals surface area contributed by atoms with Gasteiger partial charge in [-0.25, -0.2) is 0 Å². The van der Waals surface area contributed by atoms with E-state index in [4.69, 9.17) is 9.47 Å². The zero-order valence-corrected chi connectivity index (χ0v) is 18.4. The van der Waals surface area contributed by atoms with Crippen LogP contribution in [0, 0.1) is 5.92 Å². The summed E-state index contributed by atoms with van der Waals surface area (Å²) >= 11 is 0. The van der Waals surface area contributed by atoms with Crippen LogP contribution in [0.2, 0.25) is 0 Å². The number of carbonyl (C=O) groups is 2. The van der Waals surface area contributed by atoms with Gasteiger partial charge in [0.1, 0.15) is 17.3 Å². The van der Waals surface area contributed by atoms with Gasteiger partial charge in [0.2, 0.25) is 0 Å². The Kier molecular flexibility index (Phi) is 6.59. The zero-order valence-electron chi connectivity index (χ0n) is 18.4. The van der Waals surface area contributed by atoms with E-state index in [2.05, 4.69) is 36.5 Å². The average Bonchev–Trinajstić information content (AvgIpc) is 2.73. The Hall–Kier alpha value is -2.82. The number of carbonyl (C=O) groups excluding carboxylic acids is 2. The van der Waals surface area contributed by atoms with E-state index in [-0.39, 0.29) is 23.7 Å². The lowest BCUT2D eigenvalue weighted by atomic mass is 9.69. The Morgan fingerprint density at radius 1 is 1.16 bits per heavy atom.